The summed E-state index contributed by atoms with van der Waals surface area (Å²) in [6, 6.07) is 5.44. The van der Waals surface area contributed by atoms with Crippen molar-refractivity contribution in [3.8, 4) is 0 Å². The number of carbonyl (C=O) groups excluding carboxylic acids is 2. The summed E-state index contributed by atoms with van der Waals surface area (Å²) in [4.78, 5) is 25.3. The van der Waals surface area contributed by atoms with E-state index in [4.69, 9.17) is 14.6 Å². The predicted octanol–water partition coefficient (Wildman–Crippen LogP) is -0.272. The van der Waals surface area contributed by atoms with Gasteiger partial charge in [0.05, 0.1) is 31.3 Å². The molecule has 0 aliphatic carbocycles. The van der Waals surface area contributed by atoms with Crippen LogP contribution in [0.4, 0.5) is 5.69 Å². The van der Waals surface area contributed by atoms with Crippen molar-refractivity contribution in [2.24, 2.45) is 5.14 Å². The molecule has 1 aromatic carbocycles. The van der Waals surface area contributed by atoms with Gasteiger partial charge in [0, 0.05) is 5.69 Å². The molecule has 0 atom stereocenters. The van der Waals surface area contributed by atoms with E-state index >= 15 is 0 Å². The standard InChI is InChI=1S/C14H16N2O7S/c1-21-13(17)11-7-23-8-16(12(11)14(18)22-2)9-3-5-10(6-4-9)24(15,19)20/h3-6H,7-8H2,1-2H3,(H2,15,19,20). The number of anilines is 1. The van der Waals surface area contributed by atoms with E-state index in [1.54, 1.807) is 0 Å². The maximum atomic E-state index is 12.1. The molecular formula is C14H16N2O7S. The second-order valence-electron chi connectivity index (χ2n) is 4.75. The van der Waals surface area contributed by atoms with Crippen LogP contribution in [0.2, 0.25) is 0 Å². The molecule has 130 valence electrons. The molecule has 0 aromatic heterocycles. The number of sulfonamides is 1. The van der Waals surface area contributed by atoms with E-state index in [1.807, 2.05) is 0 Å². The van der Waals surface area contributed by atoms with E-state index in [2.05, 4.69) is 4.74 Å². The van der Waals surface area contributed by atoms with Crippen molar-refractivity contribution in [1.82, 2.24) is 0 Å². The van der Waals surface area contributed by atoms with Gasteiger partial charge >= 0.3 is 11.9 Å². The zero-order valence-electron chi connectivity index (χ0n) is 13.0. The van der Waals surface area contributed by atoms with Crippen molar-refractivity contribution in [3.05, 3.63) is 35.5 Å². The molecule has 1 aromatic rings. The molecule has 24 heavy (non-hydrogen) atoms. The number of methoxy groups -OCH3 is 2. The summed E-state index contributed by atoms with van der Waals surface area (Å²) in [6.07, 6.45) is 0. The van der Waals surface area contributed by atoms with E-state index in [9.17, 15) is 18.0 Å². The van der Waals surface area contributed by atoms with Gasteiger partial charge in [0.15, 0.2) is 0 Å². The summed E-state index contributed by atoms with van der Waals surface area (Å²) in [5.74, 6) is -1.46. The second-order valence-corrected chi connectivity index (χ2v) is 6.32. The number of hydrogen-bond acceptors (Lipinski definition) is 8. The highest BCUT2D eigenvalue weighted by atomic mass is 32.2. The van der Waals surface area contributed by atoms with Crippen molar-refractivity contribution in [2.45, 2.75) is 4.90 Å². The molecule has 2 N–H and O–H groups in total. The van der Waals surface area contributed by atoms with Crippen molar-refractivity contribution >= 4 is 27.6 Å². The molecular weight excluding hydrogens is 340 g/mol. The Labute approximate surface area is 138 Å². The molecule has 0 spiro atoms. The molecule has 1 aliphatic rings. The number of primary sulfonamides is 1. The third-order valence-electron chi connectivity index (χ3n) is 3.31. The average molecular weight is 356 g/mol. The molecule has 0 saturated heterocycles. The zero-order chi connectivity index (χ0) is 17.9. The summed E-state index contributed by atoms with van der Waals surface area (Å²) in [6.45, 7) is -0.136. The molecule has 1 aliphatic heterocycles. The summed E-state index contributed by atoms with van der Waals surface area (Å²) in [7, 11) is -1.47. The fourth-order valence-corrected chi connectivity index (χ4v) is 2.68. The Balaban J connectivity index is 2.50. The third kappa shape index (κ3) is 3.55. The van der Waals surface area contributed by atoms with Crippen LogP contribution < -0.4 is 10.0 Å². The van der Waals surface area contributed by atoms with Gasteiger partial charge in [-0.3, -0.25) is 0 Å². The maximum absolute atomic E-state index is 12.1. The lowest BCUT2D eigenvalue weighted by atomic mass is 10.1. The first kappa shape index (κ1) is 17.9. The van der Waals surface area contributed by atoms with Gasteiger partial charge in [-0.2, -0.15) is 0 Å². The first-order valence-corrected chi connectivity index (χ1v) is 8.22. The smallest absolute Gasteiger partial charge is 0.355 e. The Kier molecular flexibility index (Phi) is 5.22. The van der Waals surface area contributed by atoms with Crippen LogP contribution in [0.1, 0.15) is 0 Å². The normalized spacial score (nSPS) is 15.2. The van der Waals surface area contributed by atoms with Gasteiger partial charge in [0.1, 0.15) is 12.4 Å². The predicted molar refractivity (Wildman–Crippen MR) is 82.2 cm³/mol. The number of hydrogen-bond donors (Lipinski definition) is 1. The van der Waals surface area contributed by atoms with E-state index in [0.29, 0.717) is 5.69 Å². The Morgan fingerprint density at radius 1 is 1.12 bits per heavy atom. The minimum Gasteiger partial charge on any atom is -0.466 e. The topological polar surface area (TPSA) is 125 Å². The molecule has 0 bridgehead atoms. The largest absolute Gasteiger partial charge is 0.466 e. The Bertz CT molecular complexity index is 784. The van der Waals surface area contributed by atoms with Gasteiger partial charge in [0.2, 0.25) is 10.0 Å². The van der Waals surface area contributed by atoms with Crippen molar-refractivity contribution in [1.29, 1.82) is 0 Å². The number of carbonyl (C=O) groups is 2. The van der Waals surface area contributed by atoms with Crippen LogP contribution >= 0.6 is 0 Å². The highest BCUT2D eigenvalue weighted by molar-refractivity contribution is 7.89. The summed E-state index contributed by atoms with van der Waals surface area (Å²) in [5.41, 5.74) is 0.397. The van der Waals surface area contributed by atoms with Gasteiger partial charge < -0.3 is 19.1 Å². The Hall–Kier alpha value is -2.43. The Morgan fingerprint density at radius 2 is 1.71 bits per heavy atom. The van der Waals surface area contributed by atoms with Crippen molar-refractivity contribution < 1.29 is 32.2 Å². The molecule has 2 rings (SSSR count). The monoisotopic (exact) mass is 356 g/mol. The van der Waals surface area contributed by atoms with Crippen molar-refractivity contribution in [3.63, 3.8) is 0 Å². The number of benzene rings is 1. The minimum atomic E-state index is -3.84. The first-order valence-electron chi connectivity index (χ1n) is 6.67. The molecule has 0 radical (unpaired) electrons. The van der Waals surface area contributed by atoms with Gasteiger partial charge in [-0.05, 0) is 24.3 Å². The summed E-state index contributed by atoms with van der Waals surface area (Å²) in [5, 5.41) is 5.05. The number of rotatable bonds is 4. The number of nitrogens with two attached hydrogens (primary N) is 1. The number of ether oxygens (including phenoxy) is 3. The molecule has 0 saturated carbocycles. The van der Waals surface area contributed by atoms with E-state index in [-0.39, 0.29) is 29.5 Å². The lowest BCUT2D eigenvalue weighted by Crippen LogP contribution is -2.38. The second kappa shape index (κ2) is 6.99. The van der Waals surface area contributed by atoms with Crippen LogP contribution in [0.5, 0.6) is 0 Å². The van der Waals surface area contributed by atoms with Crippen molar-refractivity contribution in [2.75, 3.05) is 32.5 Å². The van der Waals surface area contributed by atoms with E-state index < -0.39 is 22.0 Å². The van der Waals surface area contributed by atoms with Crippen LogP contribution in [0.15, 0.2) is 40.4 Å². The van der Waals surface area contributed by atoms with E-state index in [1.165, 1.54) is 43.4 Å². The van der Waals surface area contributed by atoms with Crippen LogP contribution in [-0.4, -0.2) is 47.9 Å². The fraction of sp³-hybridized carbons (Fsp3) is 0.286. The lowest BCUT2D eigenvalue weighted by molar-refractivity contribution is -0.140. The fourth-order valence-electron chi connectivity index (χ4n) is 2.16. The third-order valence-corrected chi connectivity index (χ3v) is 4.24. The average Bonchev–Trinajstić information content (AvgIpc) is 2.59. The first-order chi connectivity index (χ1) is 11.3. The molecule has 0 unspecified atom stereocenters. The Morgan fingerprint density at radius 3 is 2.21 bits per heavy atom. The van der Waals surface area contributed by atoms with Gasteiger partial charge in [-0.25, -0.2) is 23.1 Å². The maximum Gasteiger partial charge on any atom is 0.355 e. The molecule has 0 fully saturated rings. The summed E-state index contributed by atoms with van der Waals surface area (Å²) >= 11 is 0. The zero-order valence-corrected chi connectivity index (χ0v) is 13.8. The van der Waals surface area contributed by atoms with Crippen LogP contribution in [-0.2, 0) is 33.8 Å². The number of nitrogens with zero attached hydrogens (tertiary/aromatic N) is 1. The van der Waals surface area contributed by atoms with Gasteiger partial charge in [0.25, 0.3) is 0 Å². The van der Waals surface area contributed by atoms with Crippen LogP contribution in [0.25, 0.3) is 0 Å². The number of esters is 2. The lowest BCUT2D eigenvalue weighted by Gasteiger charge is -2.31. The van der Waals surface area contributed by atoms with Gasteiger partial charge in [-0.1, -0.05) is 0 Å². The minimum absolute atomic E-state index is 0.00567. The highest BCUT2D eigenvalue weighted by Crippen LogP contribution is 2.27. The SMILES string of the molecule is COC(=O)C1=C(C(=O)OC)N(c2ccc(S(N)(=O)=O)cc2)COC1. The molecule has 10 heteroatoms. The quantitative estimate of drug-likeness (QED) is 0.731. The van der Waals surface area contributed by atoms with Crippen LogP contribution in [0, 0.1) is 0 Å². The molecule has 1 heterocycles. The highest BCUT2D eigenvalue weighted by Gasteiger charge is 2.32. The van der Waals surface area contributed by atoms with Crippen LogP contribution in [0.3, 0.4) is 0 Å². The van der Waals surface area contributed by atoms with E-state index in [0.717, 1.165) is 0 Å². The van der Waals surface area contributed by atoms with Gasteiger partial charge in [-0.15, -0.1) is 0 Å². The molecule has 9 nitrogen and oxygen atoms in total. The molecule has 0 amide bonds. The summed E-state index contributed by atoms with van der Waals surface area (Å²) < 4.78 is 37.3.